The number of hydrogen-bond acceptors (Lipinski definition) is 4. The lowest BCUT2D eigenvalue weighted by Gasteiger charge is -2.12. The van der Waals surface area contributed by atoms with Crippen LogP contribution in [0.5, 0.6) is 11.5 Å². The fourth-order valence-electron chi connectivity index (χ4n) is 1.69. The van der Waals surface area contributed by atoms with Gasteiger partial charge in [-0.05, 0) is 31.7 Å². The second kappa shape index (κ2) is 8.37. The summed E-state index contributed by atoms with van der Waals surface area (Å²) >= 11 is 0. The van der Waals surface area contributed by atoms with E-state index in [1.54, 1.807) is 7.11 Å². The van der Waals surface area contributed by atoms with Crippen molar-refractivity contribution in [2.24, 2.45) is 0 Å². The van der Waals surface area contributed by atoms with E-state index in [9.17, 15) is 4.79 Å². The summed E-state index contributed by atoms with van der Waals surface area (Å²) in [6.07, 6.45) is 0.341. The third-order valence-corrected chi connectivity index (χ3v) is 2.57. The molecule has 0 radical (unpaired) electrons. The fraction of sp³-hybridized carbons (Fsp3) is 0.500. The number of carbonyl (C=O) groups is 1. The molecule has 0 aromatic heterocycles. The van der Waals surface area contributed by atoms with Crippen LogP contribution in [0.4, 0.5) is 0 Å². The van der Waals surface area contributed by atoms with Gasteiger partial charge in [-0.2, -0.15) is 0 Å². The summed E-state index contributed by atoms with van der Waals surface area (Å²) in [7, 11) is 3.49. The normalized spacial score (nSPS) is 10.1. The van der Waals surface area contributed by atoms with Gasteiger partial charge in [-0.15, -0.1) is 0 Å². The van der Waals surface area contributed by atoms with Crippen LogP contribution in [0.15, 0.2) is 18.2 Å². The molecule has 0 heterocycles. The minimum atomic E-state index is -0.00662. The van der Waals surface area contributed by atoms with Gasteiger partial charge in [0.25, 0.3) is 0 Å². The predicted molar refractivity (Wildman–Crippen MR) is 74.6 cm³/mol. The average molecular weight is 266 g/mol. The van der Waals surface area contributed by atoms with Crippen LogP contribution in [0.1, 0.15) is 18.9 Å². The van der Waals surface area contributed by atoms with Gasteiger partial charge in [-0.25, -0.2) is 0 Å². The van der Waals surface area contributed by atoms with Gasteiger partial charge in [-0.1, -0.05) is 6.07 Å². The number of benzene rings is 1. The molecule has 1 aromatic rings. The highest BCUT2D eigenvalue weighted by atomic mass is 16.5. The van der Waals surface area contributed by atoms with Crippen molar-refractivity contribution in [2.45, 2.75) is 19.9 Å². The largest absolute Gasteiger partial charge is 0.493 e. The monoisotopic (exact) mass is 266 g/mol. The van der Waals surface area contributed by atoms with Gasteiger partial charge < -0.3 is 20.1 Å². The van der Waals surface area contributed by atoms with Crippen molar-refractivity contribution < 1.29 is 14.3 Å². The maximum Gasteiger partial charge on any atom is 0.223 e. The first kappa shape index (κ1) is 15.3. The highest BCUT2D eigenvalue weighted by Gasteiger charge is 2.07. The minimum Gasteiger partial charge on any atom is -0.493 e. The van der Waals surface area contributed by atoms with Crippen molar-refractivity contribution in [3.05, 3.63) is 23.8 Å². The van der Waals surface area contributed by atoms with Gasteiger partial charge in [0, 0.05) is 13.1 Å². The van der Waals surface area contributed by atoms with Gasteiger partial charge in [0.05, 0.1) is 20.1 Å². The zero-order valence-electron chi connectivity index (χ0n) is 11.8. The Balaban J connectivity index is 2.59. The highest BCUT2D eigenvalue weighted by molar-refractivity contribution is 5.75. The second-order valence-electron chi connectivity index (χ2n) is 4.07. The first-order valence-electron chi connectivity index (χ1n) is 6.42. The lowest BCUT2D eigenvalue weighted by Crippen LogP contribution is -2.24. The molecule has 5 nitrogen and oxygen atoms in total. The van der Waals surface area contributed by atoms with Gasteiger partial charge in [0.15, 0.2) is 11.5 Å². The third kappa shape index (κ3) is 5.18. The fourth-order valence-corrected chi connectivity index (χ4v) is 1.69. The van der Waals surface area contributed by atoms with Crippen LogP contribution >= 0.6 is 0 Å². The molecule has 5 heteroatoms. The van der Waals surface area contributed by atoms with Crippen LogP contribution in [0.3, 0.4) is 0 Å². The Kier molecular flexibility index (Phi) is 6.74. The van der Waals surface area contributed by atoms with E-state index >= 15 is 0 Å². The topological polar surface area (TPSA) is 59.6 Å². The zero-order valence-corrected chi connectivity index (χ0v) is 11.8. The number of methoxy groups -OCH3 is 1. The zero-order chi connectivity index (χ0) is 14.1. The van der Waals surface area contributed by atoms with Gasteiger partial charge in [0.2, 0.25) is 5.91 Å². The molecule has 0 spiro atoms. The van der Waals surface area contributed by atoms with Crippen molar-refractivity contribution in [1.29, 1.82) is 0 Å². The van der Waals surface area contributed by atoms with E-state index < -0.39 is 0 Å². The molecule has 0 saturated carbocycles. The van der Waals surface area contributed by atoms with E-state index in [0.717, 1.165) is 12.1 Å². The Morgan fingerprint density at radius 2 is 2.11 bits per heavy atom. The first-order valence-corrected chi connectivity index (χ1v) is 6.42. The summed E-state index contributed by atoms with van der Waals surface area (Å²) in [6, 6.07) is 5.77. The standard InChI is InChI=1S/C14H22N2O3/c1-4-16-14(17)7-8-19-13-9-11(10-15-2)5-6-12(13)18-3/h5-6,9,15H,4,7-8,10H2,1-3H3,(H,16,17). The molecule has 2 N–H and O–H groups in total. The summed E-state index contributed by atoms with van der Waals surface area (Å²) in [6.45, 7) is 3.63. The first-order chi connectivity index (χ1) is 9.21. The van der Waals surface area contributed by atoms with Crippen LogP contribution in [-0.2, 0) is 11.3 Å². The third-order valence-electron chi connectivity index (χ3n) is 2.57. The number of rotatable bonds is 8. The summed E-state index contributed by atoms with van der Waals surface area (Å²) in [5.41, 5.74) is 1.11. The van der Waals surface area contributed by atoms with Crippen molar-refractivity contribution >= 4 is 5.91 Å². The van der Waals surface area contributed by atoms with Crippen LogP contribution < -0.4 is 20.1 Å². The number of carbonyl (C=O) groups excluding carboxylic acids is 1. The number of ether oxygens (including phenoxy) is 2. The lowest BCUT2D eigenvalue weighted by atomic mass is 10.2. The number of hydrogen-bond donors (Lipinski definition) is 2. The Hall–Kier alpha value is -1.75. The molecule has 0 unspecified atom stereocenters. The molecule has 1 rings (SSSR count). The predicted octanol–water partition coefficient (Wildman–Crippen LogP) is 1.32. The maximum atomic E-state index is 11.3. The van der Waals surface area contributed by atoms with E-state index in [2.05, 4.69) is 10.6 Å². The molecule has 0 aliphatic heterocycles. The van der Waals surface area contributed by atoms with E-state index in [1.807, 2.05) is 32.2 Å². The molecular formula is C14H22N2O3. The summed E-state index contributed by atoms with van der Waals surface area (Å²) in [5, 5.41) is 5.81. The number of amides is 1. The molecule has 0 fully saturated rings. The summed E-state index contributed by atoms with van der Waals surface area (Å²) in [4.78, 5) is 11.3. The Morgan fingerprint density at radius 1 is 1.32 bits per heavy atom. The molecule has 0 aliphatic carbocycles. The highest BCUT2D eigenvalue weighted by Crippen LogP contribution is 2.28. The average Bonchev–Trinajstić information content (AvgIpc) is 2.40. The molecule has 1 aromatic carbocycles. The van der Waals surface area contributed by atoms with E-state index in [1.165, 1.54) is 0 Å². The molecule has 0 aliphatic rings. The van der Waals surface area contributed by atoms with Gasteiger partial charge >= 0.3 is 0 Å². The maximum absolute atomic E-state index is 11.3. The molecule has 0 bridgehead atoms. The minimum absolute atomic E-state index is 0.00662. The summed E-state index contributed by atoms with van der Waals surface area (Å²) in [5.74, 6) is 1.34. The number of nitrogens with one attached hydrogen (secondary N) is 2. The van der Waals surface area contributed by atoms with Crippen molar-refractivity contribution in [1.82, 2.24) is 10.6 Å². The van der Waals surface area contributed by atoms with E-state index in [4.69, 9.17) is 9.47 Å². The Labute approximate surface area is 114 Å². The lowest BCUT2D eigenvalue weighted by molar-refractivity contribution is -0.121. The smallest absolute Gasteiger partial charge is 0.223 e. The van der Waals surface area contributed by atoms with Crippen LogP contribution in [0.25, 0.3) is 0 Å². The van der Waals surface area contributed by atoms with Crippen molar-refractivity contribution in [3.8, 4) is 11.5 Å². The van der Waals surface area contributed by atoms with Crippen molar-refractivity contribution in [2.75, 3.05) is 27.3 Å². The summed E-state index contributed by atoms with van der Waals surface area (Å²) < 4.78 is 10.9. The molecular weight excluding hydrogens is 244 g/mol. The van der Waals surface area contributed by atoms with Crippen LogP contribution in [-0.4, -0.2) is 33.2 Å². The van der Waals surface area contributed by atoms with Crippen LogP contribution in [0, 0.1) is 0 Å². The Bertz CT molecular complexity index is 408. The molecule has 106 valence electrons. The second-order valence-corrected chi connectivity index (χ2v) is 4.07. The molecule has 0 saturated heterocycles. The Morgan fingerprint density at radius 3 is 2.74 bits per heavy atom. The van der Waals surface area contributed by atoms with Crippen molar-refractivity contribution in [3.63, 3.8) is 0 Å². The quantitative estimate of drug-likeness (QED) is 0.745. The molecule has 0 atom stereocenters. The molecule has 1 amide bonds. The van der Waals surface area contributed by atoms with Crippen LogP contribution in [0.2, 0.25) is 0 Å². The molecule has 19 heavy (non-hydrogen) atoms. The van der Waals surface area contributed by atoms with E-state index in [-0.39, 0.29) is 5.91 Å². The van der Waals surface area contributed by atoms with Gasteiger partial charge in [0.1, 0.15) is 0 Å². The van der Waals surface area contributed by atoms with Gasteiger partial charge in [-0.3, -0.25) is 4.79 Å². The SMILES string of the molecule is CCNC(=O)CCOc1cc(CNC)ccc1OC. The van der Waals surface area contributed by atoms with E-state index in [0.29, 0.717) is 31.1 Å².